The summed E-state index contributed by atoms with van der Waals surface area (Å²) < 4.78 is 17.1. The van der Waals surface area contributed by atoms with E-state index in [9.17, 15) is 0 Å². The highest BCUT2D eigenvalue weighted by Gasteiger charge is 2.32. The van der Waals surface area contributed by atoms with Gasteiger partial charge in [-0.05, 0) is 52.2 Å². The Morgan fingerprint density at radius 2 is 1.92 bits per heavy atom. The molecular formula is C20H29NO3. The minimum absolute atomic E-state index is 0.244. The largest absolute Gasteiger partial charge is 0.489 e. The number of aromatic nitrogens is 1. The van der Waals surface area contributed by atoms with Crippen LogP contribution in [0.4, 0.5) is 0 Å². The molecule has 0 unspecified atom stereocenters. The van der Waals surface area contributed by atoms with E-state index in [2.05, 4.69) is 30.7 Å². The predicted molar refractivity (Wildman–Crippen MR) is 95.1 cm³/mol. The lowest BCUT2D eigenvalue weighted by Crippen LogP contribution is -2.40. The van der Waals surface area contributed by atoms with Crippen LogP contribution in [0.15, 0.2) is 18.3 Å². The monoisotopic (exact) mass is 331 g/mol. The van der Waals surface area contributed by atoms with E-state index in [-0.39, 0.29) is 18.3 Å². The smallest absolute Gasteiger partial charge is 0.138 e. The molecule has 0 aliphatic heterocycles. The number of ether oxygens (including phenoxy) is 3. The fourth-order valence-corrected chi connectivity index (χ4v) is 2.46. The zero-order chi connectivity index (χ0) is 17.4. The minimum Gasteiger partial charge on any atom is -0.489 e. The zero-order valence-electron chi connectivity index (χ0n) is 15.2. The van der Waals surface area contributed by atoms with Gasteiger partial charge in [0.1, 0.15) is 17.5 Å². The molecule has 0 radical (unpaired) electrons. The molecule has 1 saturated carbocycles. The molecule has 1 fully saturated rings. The van der Waals surface area contributed by atoms with Gasteiger partial charge < -0.3 is 14.2 Å². The summed E-state index contributed by atoms with van der Waals surface area (Å²) in [6, 6.07) is 3.85. The average Bonchev–Trinajstić information content (AvgIpc) is 2.49. The standard InChI is InChI=1S/C20H29NO3/c1-15(2)22-11-7-5-6-8-17-9-10-18(14-21-17)24-20-12-19(13-20)23-16(3)4/h9-10,14-16,19-20H,5,7,11-13H2,1-4H3. The van der Waals surface area contributed by atoms with E-state index in [0.29, 0.717) is 6.10 Å². The highest BCUT2D eigenvalue weighted by molar-refractivity contribution is 5.31. The van der Waals surface area contributed by atoms with Crippen LogP contribution < -0.4 is 4.74 Å². The van der Waals surface area contributed by atoms with Crippen LogP contribution in [0.25, 0.3) is 0 Å². The average molecular weight is 331 g/mol. The molecule has 1 aromatic heterocycles. The highest BCUT2D eigenvalue weighted by Crippen LogP contribution is 2.28. The predicted octanol–water partition coefficient (Wildman–Crippen LogP) is 3.97. The van der Waals surface area contributed by atoms with Crippen molar-refractivity contribution in [2.75, 3.05) is 6.61 Å². The van der Waals surface area contributed by atoms with Crippen LogP contribution in [-0.4, -0.2) is 36.0 Å². The first kappa shape index (κ1) is 18.8. The molecule has 0 aromatic carbocycles. The van der Waals surface area contributed by atoms with Crippen LogP contribution in [0, 0.1) is 11.8 Å². The van der Waals surface area contributed by atoms with Crippen LogP contribution >= 0.6 is 0 Å². The van der Waals surface area contributed by atoms with Crippen molar-refractivity contribution in [2.24, 2.45) is 0 Å². The maximum Gasteiger partial charge on any atom is 0.138 e. The molecule has 0 amide bonds. The first-order valence-electron chi connectivity index (χ1n) is 8.91. The third-order valence-corrected chi connectivity index (χ3v) is 3.67. The fraction of sp³-hybridized carbons (Fsp3) is 0.650. The molecule has 0 atom stereocenters. The molecule has 0 spiro atoms. The Balaban J connectivity index is 1.66. The third-order valence-electron chi connectivity index (χ3n) is 3.67. The summed E-state index contributed by atoms with van der Waals surface area (Å²) in [6.07, 6.45) is 6.60. The van der Waals surface area contributed by atoms with Crippen LogP contribution in [0.5, 0.6) is 5.75 Å². The van der Waals surface area contributed by atoms with Crippen molar-refractivity contribution >= 4 is 0 Å². The molecule has 1 aliphatic rings. The van der Waals surface area contributed by atoms with E-state index >= 15 is 0 Å². The molecule has 4 heteroatoms. The van der Waals surface area contributed by atoms with Crippen molar-refractivity contribution in [2.45, 2.75) is 77.8 Å². The van der Waals surface area contributed by atoms with Crippen LogP contribution in [-0.2, 0) is 9.47 Å². The lowest BCUT2D eigenvalue weighted by atomic mass is 9.92. The van der Waals surface area contributed by atoms with Gasteiger partial charge in [0.2, 0.25) is 0 Å². The summed E-state index contributed by atoms with van der Waals surface area (Å²) in [5, 5.41) is 0. The Kier molecular flexibility index (Phi) is 7.55. The summed E-state index contributed by atoms with van der Waals surface area (Å²) in [4.78, 5) is 4.34. The molecule has 132 valence electrons. The van der Waals surface area contributed by atoms with Crippen molar-refractivity contribution < 1.29 is 14.2 Å². The van der Waals surface area contributed by atoms with Gasteiger partial charge in [0.05, 0.1) is 24.5 Å². The lowest BCUT2D eigenvalue weighted by molar-refractivity contribution is -0.0850. The molecule has 2 rings (SSSR count). The summed E-state index contributed by atoms with van der Waals surface area (Å²) >= 11 is 0. The maximum atomic E-state index is 5.89. The minimum atomic E-state index is 0.244. The van der Waals surface area contributed by atoms with E-state index in [4.69, 9.17) is 14.2 Å². The van der Waals surface area contributed by atoms with E-state index in [1.165, 1.54) is 0 Å². The molecular weight excluding hydrogens is 302 g/mol. The van der Waals surface area contributed by atoms with E-state index in [1.54, 1.807) is 6.20 Å². The van der Waals surface area contributed by atoms with Gasteiger partial charge in [-0.2, -0.15) is 0 Å². The second-order valence-electron chi connectivity index (χ2n) is 6.72. The summed E-state index contributed by atoms with van der Waals surface area (Å²) in [6.45, 7) is 8.97. The van der Waals surface area contributed by atoms with Gasteiger partial charge in [-0.1, -0.05) is 5.92 Å². The second kappa shape index (κ2) is 9.66. The third kappa shape index (κ3) is 6.90. The number of unbranched alkanes of at least 4 members (excludes halogenated alkanes) is 1. The Morgan fingerprint density at radius 1 is 1.12 bits per heavy atom. The summed E-state index contributed by atoms with van der Waals surface area (Å²) in [5.74, 6) is 7.01. The Labute approximate surface area is 145 Å². The van der Waals surface area contributed by atoms with Gasteiger partial charge in [-0.3, -0.25) is 0 Å². The highest BCUT2D eigenvalue weighted by atomic mass is 16.5. The van der Waals surface area contributed by atoms with Gasteiger partial charge >= 0.3 is 0 Å². The van der Waals surface area contributed by atoms with Crippen LogP contribution in [0.1, 0.15) is 59.1 Å². The SMILES string of the molecule is CC(C)OCCCC#Cc1ccc(OC2CC(OC(C)C)C2)cn1. The Hall–Kier alpha value is -1.57. The van der Waals surface area contributed by atoms with Crippen LogP contribution in [0.2, 0.25) is 0 Å². The Morgan fingerprint density at radius 3 is 2.54 bits per heavy atom. The first-order chi connectivity index (χ1) is 11.5. The van der Waals surface area contributed by atoms with Crippen molar-refractivity contribution in [3.63, 3.8) is 0 Å². The van der Waals surface area contributed by atoms with Gasteiger partial charge in [-0.25, -0.2) is 4.98 Å². The maximum absolute atomic E-state index is 5.89. The number of nitrogens with zero attached hydrogens (tertiary/aromatic N) is 1. The van der Waals surface area contributed by atoms with Crippen molar-refractivity contribution in [1.29, 1.82) is 0 Å². The van der Waals surface area contributed by atoms with E-state index in [1.807, 2.05) is 26.0 Å². The lowest BCUT2D eigenvalue weighted by Gasteiger charge is -2.36. The van der Waals surface area contributed by atoms with Crippen LogP contribution in [0.3, 0.4) is 0 Å². The molecule has 0 bridgehead atoms. The number of rotatable bonds is 8. The molecule has 0 saturated heterocycles. The summed E-state index contributed by atoms with van der Waals surface area (Å²) in [7, 11) is 0. The molecule has 1 heterocycles. The quantitative estimate of drug-likeness (QED) is 0.534. The van der Waals surface area contributed by atoms with Crippen molar-refractivity contribution in [3.8, 4) is 17.6 Å². The molecule has 4 nitrogen and oxygen atoms in total. The van der Waals surface area contributed by atoms with Gasteiger partial charge in [0, 0.05) is 25.9 Å². The Bertz CT molecular complexity index is 536. The molecule has 1 aromatic rings. The number of hydrogen-bond donors (Lipinski definition) is 0. The van der Waals surface area contributed by atoms with E-state index < -0.39 is 0 Å². The first-order valence-corrected chi connectivity index (χ1v) is 8.91. The molecule has 0 N–H and O–H groups in total. The zero-order valence-corrected chi connectivity index (χ0v) is 15.2. The van der Waals surface area contributed by atoms with Gasteiger partial charge in [-0.15, -0.1) is 0 Å². The number of hydrogen-bond acceptors (Lipinski definition) is 4. The fourth-order valence-electron chi connectivity index (χ4n) is 2.46. The molecule has 1 aliphatic carbocycles. The van der Waals surface area contributed by atoms with Crippen molar-refractivity contribution in [3.05, 3.63) is 24.0 Å². The van der Waals surface area contributed by atoms with Gasteiger partial charge in [0.25, 0.3) is 0 Å². The molecule has 24 heavy (non-hydrogen) atoms. The van der Waals surface area contributed by atoms with Gasteiger partial charge in [0.15, 0.2) is 0 Å². The topological polar surface area (TPSA) is 40.6 Å². The number of pyridine rings is 1. The van der Waals surface area contributed by atoms with Crippen molar-refractivity contribution in [1.82, 2.24) is 4.98 Å². The van der Waals surface area contributed by atoms with E-state index in [0.717, 1.165) is 43.7 Å². The second-order valence-corrected chi connectivity index (χ2v) is 6.72. The summed E-state index contributed by atoms with van der Waals surface area (Å²) in [5.41, 5.74) is 0.779. The normalized spacial score (nSPS) is 19.8.